The minimum Gasteiger partial charge on any atom is -0.495 e. The molecule has 3 aromatic rings. The molecule has 0 atom stereocenters. The predicted octanol–water partition coefficient (Wildman–Crippen LogP) is 4.84. The van der Waals surface area contributed by atoms with Crippen LogP contribution >= 0.6 is 11.6 Å². The van der Waals surface area contributed by atoms with Crippen molar-refractivity contribution in [3.05, 3.63) is 52.9 Å². The molecule has 29 heavy (non-hydrogen) atoms. The average Bonchev–Trinajstić information content (AvgIpc) is 2.70. The van der Waals surface area contributed by atoms with Crippen LogP contribution in [0.1, 0.15) is 5.56 Å². The van der Waals surface area contributed by atoms with Gasteiger partial charge in [-0.25, -0.2) is 9.37 Å². The Hall–Kier alpha value is -3.26. The zero-order chi connectivity index (χ0) is 20.4. The van der Waals surface area contributed by atoms with Crippen molar-refractivity contribution in [3.63, 3.8) is 0 Å². The number of aromatic nitrogens is 2. The lowest BCUT2D eigenvalue weighted by Crippen LogP contribution is -2.15. The fraction of sp³-hybridized carbons (Fsp3) is 0.200. The van der Waals surface area contributed by atoms with E-state index >= 15 is 0 Å². The van der Waals surface area contributed by atoms with Gasteiger partial charge in [0, 0.05) is 17.4 Å². The van der Waals surface area contributed by atoms with Gasteiger partial charge in [-0.2, -0.15) is 4.98 Å². The van der Waals surface area contributed by atoms with E-state index in [0.717, 1.165) is 11.8 Å². The molecule has 0 bridgehead atoms. The Morgan fingerprint density at radius 3 is 2.62 bits per heavy atom. The summed E-state index contributed by atoms with van der Waals surface area (Å²) in [6, 6.07) is 8.78. The number of aryl methyl sites for hydroxylation is 1. The van der Waals surface area contributed by atoms with E-state index in [1.165, 1.54) is 0 Å². The van der Waals surface area contributed by atoms with Crippen molar-refractivity contribution in [2.24, 2.45) is 0 Å². The Labute approximate surface area is 171 Å². The predicted molar refractivity (Wildman–Crippen MR) is 109 cm³/mol. The fourth-order valence-electron chi connectivity index (χ4n) is 2.96. The van der Waals surface area contributed by atoms with Crippen molar-refractivity contribution in [2.45, 2.75) is 6.92 Å². The number of fused-ring (bicyclic) bond motifs is 1. The lowest BCUT2D eigenvalue weighted by Gasteiger charge is -2.19. The van der Waals surface area contributed by atoms with E-state index in [1.54, 1.807) is 31.4 Å². The van der Waals surface area contributed by atoms with Crippen LogP contribution in [0.5, 0.6) is 17.2 Å². The molecule has 1 aliphatic rings. The summed E-state index contributed by atoms with van der Waals surface area (Å²) in [4.78, 5) is 8.21. The number of rotatable bonds is 5. The SMILES string of the molecule is COc1c(C)cc(Nc2ncc(F)c(Nc3ccc4c(c3)OCCO4)n2)cc1Cl. The molecule has 9 heteroatoms. The maximum Gasteiger partial charge on any atom is 0.229 e. The van der Waals surface area contributed by atoms with Gasteiger partial charge in [0.15, 0.2) is 23.1 Å². The van der Waals surface area contributed by atoms with Crippen molar-refractivity contribution in [3.8, 4) is 17.2 Å². The average molecular weight is 417 g/mol. The highest BCUT2D eigenvalue weighted by Gasteiger charge is 2.14. The Morgan fingerprint density at radius 2 is 1.86 bits per heavy atom. The second kappa shape index (κ2) is 8.00. The molecule has 0 unspecified atom stereocenters. The summed E-state index contributed by atoms with van der Waals surface area (Å²) in [7, 11) is 1.56. The Kier molecular flexibility index (Phi) is 5.26. The van der Waals surface area contributed by atoms with E-state index in [2.05, 4.69) is 20.6 Å². The summed E-state index contributed by atoms with van der Waals surface area (Å²) in [5.74, 6) is 1.49. The molecule has 150 valence electrons. The summed E-state index contributed by atoms with van der Waals surface area (Å²) in [5, 5.41) is 6.42. The maximum atomic E-state index is 14.3. The lowest BCUT2D eigenvalue weighted by atomic mass is 10.2. The summed E-state index contributed by atoms with van der Waals surface area (Å²) in [6.07, 6.45) is 1.09. The quantitative estimate of drug-likeness (QED) is 0.615. The standard InChI is InChI=1S/C20H18ClFN4O3/c1-11-7-13(8-14(21)18(11)27-2)25-20-23-10-15(22)19(26-20)24-12-3-4-16-17(9-12)29-6-5-28-16/h3-4,7-10H,5-6H2,1-2H3,(H2,23,24,25,26). The highest BCUT2D eigenvalue weighted by atomic mass is 35.5. The van der Waals surface area contributed by atoms with E-state index in [0.29, 0.717) is 46.9 Å². The summed E-state index contributed by atoms with van der Waals surface area (Å²) >= 11 is 6.22. The van der Waals surface area contributed by atoms with E-state index in [-0.39, 0.29) is 11.8 Å². The molecule has 1 aliphatic heterocycles. The molecule has 0 fully saturated rings. The van der Waals surface area contributed by atoms with Crippen LogP contribution < -0.4 is 24.8 Å². The molecule has 4 rings (SSSR count). The van der Waals surface area contributed by atoms with Crippen molar-refractivity contribution in [1.29, 1.82) is 0 Å². The molecule has 2 heterocycles. The lowest BCUT2D eigenvalue weighted by molar-refractivity contribution is 0.171. The van der Waals surface area contributed by atoms with Gasteiger partial charge in [-0.1, -0.05) is 11.6 Å². The van der Waals surface area contributed by atoms with Crippen LogP contribution in [-0.2, 0) is 0 Å². The highest BCUT2D eigenvalue weighted by Crippen LogP contribution is 2.34. The number of anilines is 4. The number of methoxy groups -OCH3 is 1. The Morgan fingerprint density at radius 1 is 1.07 bits per heavy atom. The van der Waals surface area contributed by atoms with Crippen molar-refractivity contribution in [1.82, 2.24) is 9.97 Å². The fourth-order valence-corrected chi connectivity index (χ4v) is 3.31. The smallest absolute Gasteiger partial charge is 0.229 e. The molecule has 0 saturated carbocycles. The van der Waals surface area contributed by atoms with E-state index in [4.69, 9.17) is 25.8 Å². The number of hydrogen-bond donors (Lipinski definition) is 2. The van der Waals surface area contributed by atoms with Gasteiger partial charge in [0.05, 0.1) is 18.3 Å². The normalized spacial score (nSPS) is 12.4. The first-order valence-electron chi connectivity index (χ1n) is 8.84. The van der Waals surface area contributed by atoms with Crippen LogP contribution in [0, 0.1) is 12.7 Å². The van der Waals surface area contributed by atoms with Crippen LogP contribution in [0.4, 0.5) is 27.5 Å². The van der Waals surface area contributed by atoms with Gasteiger partial charge < -0.3 is 24.8 Å². The van der Waals surface area contributed by atoms with Gasteiger partial charge in [0.2, 0.25) is 5.95 Å². The summed E-state index contributed by atoms with van der Waals surface area (Å²) in [6.45, 7) is 2.84. The third-order valence-corrected chi connectivity index (χ3v) is 4.52. The molecule has 1 aromatic heterocycles. The minimum absolute atomic E-state index is 0.0236. The topological polar surface area (TPSA) is 77.5 Å². The van der Waals surface area contributed by atoms with Gasteiger partial charge in [-0.05, 0) is 36.8 Å². The van der Waals surface area contributed by atoms with E-state index in [1.807, 2.05) is 13.0 Å². The molecule has 2 N–H and O–H groups in total. The minimum atomic E-state index is -0.589. The molecule has 0 saturated heterocycles. The monoisotopic (exact) mass is 416 g/mol. The van der Waals surface area contributed by atoms with Crippen LogP contribution in [-0.4, -0.2) is 30.3 Å². The summed E-state index contributed by atoms with van der Waals surface area (Å²) < 4.78 is 30.5. The van der Waals surface area contributed by atoms with Gasteiger partial charge in [-0.3, -0.25) is 0 Å². The third kappa shape index (κ3) is 4.12. The van der Waals surface area contributed by atoms with E-state index in [9.17, 15) is 4.39 Å². The molecule has 0 spiro atoms. The van der Waals surface area contributed by atoms with Gasteiger partial charge >= 0.3 is 0 Å². The molecular weight excluding hydrogens is 399 g/mol. The van der Waals surface area contributed by atoms with Crippen LogP contribution in [0.2, 0.25) is 5.02 Å². The Bertz CT molecular complexity index is 1040. The molecule has 0 radical (unpaired) electrons. The molecule has 2 aromatic carbocycles. The molecule has 0 aliphatic carbocycles. The van der Waals surface area contributed by atoms with Crippen molar-refractivity contribution in [2.75, 3.05) is 31.0 Å². The number of benzene rings is 2. The van der Waals surface area contributed by atoms with Crippen molar-refractivity contribution >= 4 is 34.7 Å². The highest BCUT2D eigenvalue weighted by molar-refractivity contribution is 6.32. The van der Waals surface area contributed by atoms with Gasteiger partial charge in [-0.15, -0.1) is 0 Å². The first kappa shape index (κ1) is 19.1. The van der Waals surface area contributed by atoms with Crippen LogP contribution in [0.3, 0.4) is 0 Å². The first-order valence-corrected chi connectivity index (χ1v) is 9.21. The van der Waals surface area contributed by atoms with Crippen molar-refractivity contribution < 1.29 is 18.6 Å². The van der Waals surface area contributed by atoms with Crippen LogP contribution in [0.15, 0.2) is 36.5 Å². The number of nitrogens with zero attached hydrogens (tertiary/aromatic N) is 2. The number of ether oxygens (including phenoxy) is 3. The molecular formula is C20H18ClFN4O3. The van der Waals surface area contributed by atoms with Gasteiger partial charge in [0.25, 0.3) is 0 Å². The Balaban J connectivity index is 1.57. The second-order valence-corrected chi connectivity index (χ2v) is 6.71. The second-order valence-electron chi connectivity index (χ2n) is 6.31. The first-order chi connectivity index (χ1) is 14.0. The van der Waals surface area contributed by atoms with Gasteiger partial charge in [0.1, 0.15) is 19.0 Å². The largest absolute Gasteiger partial charge is 0.495 e. The maximum absolute atomic E-state index is 14.3. The zero-order valence-electron chi connectivity index (χ0n) is 15.8. The number of nitrogens with one attached hydrogen (secondary N) is 2. The van der Waals surface area contributed by atoms with E-state index < -0.39 is 5.82 Å². The number of hydrogen-bond acceptors (Lipinski definition) is 7. The third-order valence-electron chi connectivity index (χ3n) is 4.24. The zero-order valence-corrected chi connectivity index (χ0v) is 16.5. The number of halogens is 2. The summed E-state index contributed by atoms with van der Waals surface area (Å²) in [5.41, 5.74) is 2.12. The van der Waals surface area contributed by atoms with Crippen LogP contribution in [0.25, 0.3) is 0 Å². The molecule has 7 nitrogen and oxygen atoms in total. The molecule has 0 amide bonds.